The van der Waals surface area contributed by atoms with Crippen LogP contribution in [0.1, 0.15) is 43.3 Å². The summed E-state index contributed by atoms with van der Waals surface area (Å²) in [6, 6.07) is 7.07. The van der Waals surface area contributed by atoms with E-state index in [1.165, 1.54) is 29.7 Å². The van der Waals surface area contributed by atoms with Crippen molar-refractivity contribution in [2.45, 2.75) is 39.2 Å². The van der Waals surface area contributed by atoms with E-state index >= 15 is 0 Å². The Kier molecular flexibility index (Phi) is 3.23. The van der Waals surface area contributed by atoms with E-state index in [4.69, 9.17) is 0 Å². The summed E-state index contributed by atoms with van der Waals surface area (Å²) in [4.78, 5) is 4.38. The third kappa shape index (κ3) is 2.48. The molecular weight excluding hydrogens is 236 g/mol. The van der Waals surface area contributed by atoms with Crippen LogP contribution < -0.4 is 5.32 Å². The summed E-state index contributed by atoms with van der Waals surface area (Å²) in [7, 11) is 0. The summed E-state index contributed by atoms with van der Waals surface area (Å²) < 4.78 is 1.99. The van der Waals surface area contributed by atoms with Gasteiger partial charge in [-0.2, -0.15) is 5.10 Å². The van der Waals surface area contributed by atoms with Crippen molar-refractivity contribution in [3.63, 3.8) is 0 Å². The van der Waals surface area contributed by atoms with Crippen LogP contribution in [0.5, 0.6) is 0 Å². The lowest BCUT2D eigenvalue weighted by molar-refractivity contribution is 0.510. The molecule has 1 aliphatic rings. The molecule has 0 bridgehead atoms. The second-order valence-corrected chi connectivity index (χ2v) is 5.41. The third-order valence-electron chi connectivity index (χ3n) is 3.61. The van der Waals surface area contributed by atoms with Gasteiger partial charge < -0.3 is 5.32 Å². The molecule has 0 unspecified atom stereocenters. The fraction of sp³-hybridized carbons (Fsp3) is 0.467. The Bertz CT molecular complexity index is 571. The van der Waals surface area contributed by atoms with Gasteiger partial charge in [-0.25, -0.2) is 9.67 Å². The second kappa shape index (κ2) is 5.03. The Morgan fingerprint density at radius 1 is 1.37 bits per heavy atom. The van der Waals surface area contributed by atoms with Crippen molar-refractivity contribution in [1.82, 2.24) is 14.8 Å². The first-order chi connectivity index (χ1) is 9.24. The number of rotatable bonds is 3. The zero-order valence-corrected chi connectivity index (χ0v) is 11.6. The minimum atomic E-state index is 0.355. The topological polar surface area (TPSA) is 42.7 Å². The number of aryl methyl sites for hydroxylation is 1. The number of nitrogens with zero attached hydrogens (tertiary/aromatic N) is 3. The van der Waals surface area contributed by atoms with Gasteiger partial charge in [-0.15, -0.1) is 0 Å². The fourth-order valence-electron chi connectivity index (χ4n) is 2.63. The maximum Gasteiger partial charge on any atom is 0.138 e. The quantitative estimate of drug-likeness (QED) is 0.918. The maximum absolute atomic E-state index is 4.38. The van der Waals surface area contributed by atoms with Gasteiger partial charge in [0.1, 0.15) is 12.2 Å². The minimum Gasteiger partial charge on any atom is -0.385 e. The Morgan fingerprint density at radius 3 is 3.11 bits per heavy atom. The van der Waals surface area contributed by atoms with E-state index in [9.17, 15) is 0 Å². The largest absolute Gasteiger partial charge is 0.385 e. The molecule has 4 nitrogen and oxygen atoms in total. The SMILES string of the molecule is CC(C)n1ncnc1Cc1ccc2c(c1)NCCC2. The summed E-state index contributed by atoms with van der Waals surface area (Å²) >= 11 is 0. The molecule has 1 aliphatic heterocycles. The maximum atomic E-state index is 4.38. The monoisotopic (exact) mass is 256 g/mol. The molecule has 0 saturated heterocycles. The van der Waals surface area contributed by atoms with Gasteiger partial charge in [-0.05, 0) is 43.9 Å². The summed E-state index contributed by atoms with van der Waals surface area (Å²) in [5, 5.41) is 7.77. The molecule has 4 heteroatoms. The average molecular weight is 256 g/mol. The van der Waals surface area contributed by atoms with Crippen LogP contribution in [0, 0.1) is 0 Å². The van der Waals surface area contributed by atoms with Crippen LogP contribution >= 0.6 is 0 Å². The van der Waals surface area contributed by atoms with Gasteiger partial charge in [-0.1, -0.05) is 12.1 Å². The van der Waals surface area contributed by atoms with Gasteiger partial charge in [0.25, 0.3) is 0 Å². The zero-order chi connectivity index (χ0) is 13.2. The summed E-state index contributed by atoms with van der Waals surface area (Å²) in [5.41, 5.74) is 4.02. The molecule has 2 heterocycles. The molecule has 0 fully saturated rings. The number of anilines is 1. The first-order valence-corrected chi connectivity index (χ1v) is 6.98. The number of aromatic nitrogens is 3. The van der Waals surface area contributed by atoms with Crippen LogP contribution in [-0.2, 0) is 12.8 Å². The molecule has 19 heavy (non-hydrogen) atoms. The van der Waals surface area contributed by atoms with Crippen LogP contribution in [0.2, 0.25) is 0 Å². The molecule has 2 aromatic rings. The lowest BCUT2D eigenvalue weighted by atomic mass is 10.00. The molecule has 0 atom stereocenters. The Morgan fingerprint density at radius 2 is 2.26 bits per heavy atom. The molecular formula is C15H20N4. The average Bonchev–Trinajstić information content (AvgIpc) is 2.87. The van der Waals surface area contributed by atoms with Gasteiger partial charge in [0.05, 0.1) is 0 Å². The van der Waals surface area contributed by atoms with Gasteiger partial charge in [0, 0.05) is 24.7 Å². The molecule has 0 radical (unpaired) electrons. The molecule has 1 N–H and O–H groups in total. The van der Waals surface area contributed by atoms with E-state index in [1.54, 1.807) is 6.33 Å². The van der Waals surface area contributed by atoms with Crippen LogP contribution in [0.3, 0.4) is 0 Å². The minimum absolute atomic E-state index is 0.355. The molecule has 0 saturated carbocycles. The Balaban J connectivity index is 1.85. The van der Waals surface area contributed by atoms with Gasteiger partial charge in [0.2, 0.25) is 0 Å². The molecule has 0 spiro atoms. The standard InChI is InChI=1S/C15H20N4/c1-11(2)19-15(17-10-18-19)9-12-5-6-13-4-3-7-16-14(13)8-12/h5-6,8,10-11,16H,3-4,7,9H2,1-2H3. The van der Waals surface area contributed by atoms with E-state index in [2.05, 4.69) is 47.4 Å². The highest BCUT2D eigenvalue weighted by Crippen LogP contribution is 2.24. The first-order valence-electron chi connectivity index (χ1n) is 6.98. The summed E-state index contributed by atoms with van der Waals surface area (Å²) in [6.07, 6.45) is 4.90. The normalized spacial score (nSPS) is 14.3. The molecule has 0 amide bonds. The Hall–Kier alpha value is -1.84. The second-order valence-electron chi connectivity index (χ2n) is 5.41. The molecule has 0 aliphatic carbocycles. The lowest BCUT2D eigenvalue weighted by Crippen LogP contribution is -2.12. The van der Waals surface area contributed by atoms with E-state index in [-0.39, 0.29) is 0 Å². The van der Waals surface area contributed by atoms with Crippen molar-refractivity contribution in [1.29, 1.82) is 0 Å². The predicted octanol–water partition coefficient (Wildman–Crippen LogP) is 2.81. The van der Waals surface area contributed by atoms with Crippen LogP contribution in [0.4, 0.5) is 5.69 Å². The number of fused-ring (bicyclic) bond motifs is 1. The third-order valence-corrected chi connectivity index (χ3v) is 3.61. The number of nitrogens with one attached hydrogen (secondary N) is 1. The van der Waals surface area contributed by atoms with Gasteiger partial charge in [-0.3, -0.25) is 0 Å². The van der Waals surface area contributed by atoms with Crippen molar-refractivity contribution in [2.24, 2.45) is 0 Å². The van der Waals surface area contributed by atoms with Gasteiger partial charge in [0.15, 0.2) is 0 Å². The number of benzene rings is 1. The molecule has 1 aromatic heterocycles. The van der Waals surface area contributed by atoms with E-state index in [0.717, 1.165) is 18.8 Å². The van der Waals surface area contributed by atoms with Crippen LogP contribution in [-0.4, -0.2) is 21.3 Å². The highest BCUT2D eigenvalue weighted by molar-refractivity contribution is 5.55. The number of hydrogen-bond donors (Lipinski definition) is 1. The molecule has 3 rings (SSSR count). The molecule has 100 valence electrons. The van der Waals surface area contributed by atoms with Crippen molar-refractivity contribution in [2.75, 3.05) is 11.9 Å². The Labute approximate surface area is 113 Å². The van der Waals surface area contributed by atoms with Gasteiger partial charge >= 0.3 is 0 Å². The summed E-state index contributed by atoms with van der Waals surface area (Å²) in [6.45, 7) is 5.35. The van der Waals surface area contributed by atoms with E-state index < -0.39 is 0 Å². The van der Waals surface area contributed by atoms with Crippen LogP contribution in [0.15, 0.2) is 24.5 Å². The number of hydrogen-bond acceptors (Lipinski definition) is 3. The van der Waals surface area contributed by atoms with Crippen molar-refractivity contribution in [3.8, 4) is 0 Å². The highest BCUT2D eigenvalue weighted by atomic mass is 15.3. The van der Waals surface area contributed by atoms with Crippen LogP contribution in [0.25, 0.3) is 0 Å². The smallest absolute Gasteiger partial charge is 0.138 e. The lowest BCUT2D eigenvalue weighted by Gasteiger charge is -2.18. The first kappa shape index (κ1) is 12.2. The van der Waals surface area contributed by atoms with Crippen molar-refractivity contribution < 1.29 is 0 Å². The fourth-order valence-corrected chi connectivity index (χ4v) is 2.63. The van der Waals surface area contributed by atoms with E-state index in [0.29, 0.717) is 6.04 Å². The van der Waals surface area contributed by atoms with Crippen molar-refractivity contribution >= 4 is 5.69 Å². The van der Waals surface area contributed by atoms with Crippen molar-refractivity contribution in [3.05, 3.63) is 41.5 Å². The highest BCUT2D eigenvalue weighted by Gasteiger charge is 2.12. The predicted molar refractivity (Wildman–Crippen MR) is 76.5 cm³/mol. The zero-order valence-electron chi connectivity index (χ0n) is 11.6. The van der Waals surface area contributed by atoms with E-state index in [1.807, 2.05) is 4.68 Å². The summed E-state index contributed by atoms with van der Waals surface area (Å²) in [5.74, 6) is 1.03. The molecule has 1 aromatic carbocycles.